The van der Waals surface area contributed by atoms with Crippen molar-refractivity contribution >= 4 is 23.5 Å². The summed E-state index contributed by atoms with van der Waals surface area (Å²) in [6, 6.07) is 6.99. The first-order valence-corrected chi connectivity index (χ1v) is 8.26. The maximum Gasteiger partial charge on any atom is 0.317 e. The zero-order valence-electron chi connectivity index (χ0n) is 13.9. The molecule has 0 aliphatic carbocycles. The fourth-order valence-corrected chi connectivity index (χ4v) is 2.75. The van der Waals surface area contributed by atoms with Crippen LogP contribution in [0.4, 0.5) is 4.79 Å². The van der Waals surface area contributed by atoms with Crippen molar-refractivity contribution in [2.75, 3.05) is 26.2 Å². The highest BCUT2D eigenvalue weighted by Gasteiger charge is 2.25. The van der Waals surface area contributed by atoms with Gasteiger partial charge in [0.2, 0.25) is 0 Å². The predicted molar refractivity (Wildman–Crippen MR) is 91.8 cm³/mol. The zero-order chi connectivity index (χ0) is 17.0. The molecule has 0 bridgehead atoms. The van der Waals surface area contributed by atoms with Gasteiger partial charge in [-0.25, -0.2) is 4.79 Å². The Kier molecular flexibility index (Phi) is 5.52. The highest BCUT2D eigenvalue weighted by molar-refractivity contribution is 6.33. The molecule has 1 aromatic rings. The van der Waals surface area contributed by atoms with Gasteiger partial charge in [0.05, 0.1) is 10.6 Å². The number of nitrogens with one attached hydrogen (secondary N) is 1. The van der Waals surface area contributed by atoms with Crippen LogP contribution in [0.25, 0.3) is 0 Å². The lowest BCUT2D eigenvalue weighted by Crippen LogP contribution is -2.49. The normalized spacial score (nSPS) is 16.0. The monoisotopic (exact) mass is 337 g/mol. The Morgan fingerprint density at radius 3 is 2.30 bits per heavy atom. The third-order valence-electron chi connectivity index (χ3n) is 3.66. The zero-order valence-corrected chi connectivity index (χ0v) is 14.7. The van der Waals surface area contributed by atoms with Crippen LogP contribution in [0.2, 0.25) is 5.02 Å². The Morgan fingerprint density at radius 2 is 1.65 bits per heavy atom. The van der Waals surface area contributed by atoms with Gasteiger partial charge >= 0.3 is 6.03 Å². The highest BCUT2D eigenvalue weighted by atomic mass is 35.5. The van der Waals surface area contributed by atoms with Gasteiger partial charge in [-0.1, -0.05) is 23.7 Å². The lowest BCUT2D eigenvalue weighted by molar-refractivity contribution is 0.0762. The molecule has 0 radical (unpaired) electrons. The number of carbonyl (C=O) groups excluding carboxylic acids is 2. The summed E-state index contributed by atoms with van der Waals surface area (Å²) in [6.07, 6.45) is 0.758. The lowest BCUT2D eigenvalue weighted by Gasteiger charge is -2.27. The molecule has 23 heavy (non-hydrogen) atoms. The minimum atomic E-state index is -0.267. The Balaban J connectivity index is 2.00. The molecule has 6 heteroatoms. The molecule has 1 N–H and O–H groups in total. The van der Waals surface area contributed by atoms with Gasteiger partial charge in [-0.2, -0.15) is 0 Å². The Hall–Kier alpha value is -1.75. The fourth-order valence-electron chi connectivity index (χ4n) is 2.53. The summed E-state index contributed by atoms with van der Waals surface area (Å²) in [5, 5.41) is 3.43. The van der Waals surface area contributed by atoms with Crippen molar-refractivity contribution in [2.24, 2.45) is 0 Å². The fraction of sp³-hybridized carbons (Fsp3) is 0.529. The number of carbonyl (C=O) groups is 2. The van der Waals surface area contributed by atoms with Crippen molar-refractivity contribution < 1.29 is 9.59 Å². The van der Waals surface area contributed by atoms with Crippen molar-refractivity contribution in [3.8, 4) is 0 Å². The lowest BCUT2D eigenvalue weighted by atomic mass is 10.1. The molecule has 1 aliphatic rings. The van der Waals surface area contributed by atoms with Crippen molar-refractivity contribution in [3.63, 3.8) is 0 Å². The van der Waals surface area contributed by atoms with Gasteiger partial charge in [-0.05, 0) is 39.3 Å². The van der Waals surface area contributed by atoms with Gasteiger partial charge in [0, 0.05) is 31.7 Å². The van der Waals surface area contributed by atoms with E-state index in [9.17, 15) is 9.59 Å². The molecule has 0 spiro atoms. The molecule has 0 unspecified atom stereocenters. The van der Waals surface area contributed by atoms with E-state index < -0.39 is 0 Å². The molecule has 1 aliphatic heterocycles. The second kappa shape index (κ2) is 7.21. The van der Waals surface area contributed by atoms with Crippen LogP contribution in [-0.2, 0) is 0 Å². The van der Waals surface area contributed by atoms with Crippen molar-refractivity contribution in [3.05, 3.63) is 34.9 Å². The molecule has 3 amide bonds. The first kappa shape index (κ1) is 17.6. The van der Waals surface area contributed by atoms with Gasteiger partial charge in [0.25, 0.3) is 5.91 Å². The second-order valence-electron chi connectivity index (χ2n) is 6.79. The Bertz CT molecular complexity index is 583. The first-order valence-electron chi connectivity index (χ1n) is 7.89. The summed E-state index contributed by atoms with van der Waals surface area (Å²) in [7, 11) is 0. The van der Waals surface area contributed by atoms with E-state index in [0.717, 1.165) is 6.42 Å². The quantitative estimate of drug-likeness (QED) is 0.856. The average molecular weight is 338 g/mol. The van der Waals surface area contributed by atoms with Crippen LogP contribution in [0.3, 0.4) is 0 Å². The van der Waals surface area contributed by atoms with Crippen LogP contribution in [0.15, 0.2) is 24.3 Å². The minimum Gasteiger partial charge on any atom is -0.337 e. The number of benzene rings is 1. The number of nitrogens with zero attached hydrogens (tertiary/aromatic N) is 2. The van der Waals surface area contributed by atoms with Crippen LogP contribution in [0, 0.1) is 0 Å². The molecule has 1 heterocycles. The topological polar surface area (TPSA) is 52.7 Å². The molecule has 1 aromatic carbocycles. The largest absolute Gasteiger partial charge is 0.337 e. The number of amides is 3. The predicted octanol–water partition coefficient (Wildman–Crippen LogP) is 3.00. The molecular weight excluding hydrogens is 314 g/mol. The number of hydrogen-bond donors (Lipinski definition) is 1. The maximum atomic E-state index is 12.6. The number of hydrogen-bond acceptors (Lipinski definition) is 2. The second-order valence-corrected chi connectivity index (χ2v) is 7.20. The van der Waals surface area contributed by atoms with Crippen molar-refractivity contribution in [1.82, 2.24) is 15.1 Å². The van der Waals surface area contributed by atoms with Gasteiger partial charge in [0.15, 0.2) is 0 Å². The summed E-state index contributed by atoms with van der Waals surface area (Å²) >= 11 is 6.11. The number of rotatable bonds is 1. The molecule has 1 fully saturated rings. The maximum absolute atomic E-state index is 12.6. The summed E-state index contributed by atoms with van der Waals surface area (Å²) in [5.41, 5.74) is 0.248. The van der Waals surface area contributed by atoms with Gasteiger partial charge in [-0.3, -0.25) is 4.79 Å². The third-order valence-corrected chi connectivity index (χ3v) is 3.99. The van der Waals surface area contributed by atoms with Crippen LogP contribution in [0.1, 0.15) is 37.6 Å². The Morgan fingerprint density at radius 1 is 1.04 bits per heavy atom. The standard InChI is InChI=1S/C17H24ClN3O2/c1-17(2,3)19-16(23)21-10-6-9-20(11-12-21)15(22)13-7-4-5-8-14(13)18/h4-5,7-8H,6,9-12H2,1-3H3,(H,19,23). The van der Waals surface area contributed by atoms with E-state index in [1.54, 1.807) is 34.1 Å². The SMILES string of the molecule is CC(C)(C)NC(=O)N1CCCN(C(=O)c2ccccc2Cl)CC1. The van der Waals surface area contributed by atoms with Crippen molar-refractivity contribution in [2.45, 2.75) is 32.7 Å². The highest BCUT2D eigenvalue weighted by Crippen LogP contribution is 2.18. The smallest absolute Gasteiger partial charge is 0.317 e. The molecule has 0 atom stereocenters. The molecule has 2 rings (SSSR count). The van der Waals surface area contributed by atoms with E-state index in [0.29, 0.717) is 36.8 Å². The first-order chi connectivity index (χ1) is 10.8. The minimum absolute atomic E-state index is 0.0753. The molecule has 5 nitrogen and oxygen atoms in total. The van der Waals surface area contributed by atoms with Gasteiger partial charge in [0.1, 0.15) is 0 Å². The van der Waals surface area contributed by atoms with Gasteiger partial charge < -0.3 is 15.1 Å². The van der Waals surface area contributed by atoms with Crippen LogP contribution in [0.5, 0.6) is 0 Å². The van der Waals surface area contributed by atoms with Crippen molar-refractivity contribution in [1.29, 1.82) is 0 Å². The summed E-state index contributed by atoms with van der Waals surface area (Å²) in [4.78, 5) is 28.4. The molecule has 126 valence electrons. The van der Waals surface area contributed by atoms with Crippen LogP contribution >= 0.6 is 11.6 Å². The molecular formula is C17H24ClN3O2. The Labute approximate surface area is 142 Å². The molecule has 1 saturated heterocycles. The average Bonchev–Trinajstić information content (AvgIpc) is 2.71. The summed E-state index contributed by atoms with van der Waals surface area (Å²) in [6.45, 7) is 8.18. The molecule has 0 aromatic heterocycles. The van der Waals surface area contributed by atoms with E-state index in [-0.39, 0.29) is 17.5 Å². The summed E-state index contributed by atoms with van der Waals surface area (Å²) < 4.78 is 0. The number of urea groups is 1. The van der Waals surface area contributed by atoms with E-state index >= 15 is 0 Å². The van der Waals surface area contributed by atoms with Crippen LogP contribution in [-0.4, -0.2) is 53.5 Å². The molecule has 0 saturated carbocycles. The van der Waals surface area contributed by atoms with E-state index in [1.807, 2.05) is 20.8 Å². The third kappa shape index (κ3) is 4.86. The van der Waals surface area contributed by atoms with E-state index in [2.05, 4.69) is 5.32 Å². The number of halogens is 1. The summed E-state index contributed by atoms with van der Waals surface area (Å²) in [5.74, 6) is -0.0753. The van der Waals surface area contributed by atoms with Crippen LogP contribution < -0.4 is 5.32 Å². The van der Waals surface area contributed by atoms with E-state index in [4.69, 9.17) is 11.6 Å². The van der Waals surface area contributed by atoms with E-state index in [1.165, 1.54) is 0 Å². The van der Waals surface area contributed by atoms with Gasteiger partial charge in [-0.15, -0.1) is 0 Å².